The summed E-state index contributed by atoms with van der Waals surface area (Å²) in [5.41, 5.74) is 0.596. The summed E-state index contributed by atoms with van der Waals surface area (Å²) in [5.74, 6) is -0.321. The van der Waals surface area contributed by atoms with Crippen molar-refractivity contribution in [2.75, 3.05) is 12.4 Å². The Morgan fingerprint density at radius 3 is 2.65 bits per heavy atom. The quantitative estimate of drug-likeness (QED) is 0.880. The molecule has 0 aliphatic carbocycles. The van der Waals surface area contributed by atoms with Gasteiger partial charge in [0.2, 0.25) is 10.0 Å². The molecule has 0 fully saturated rings. The summed E-state index contributed by atoms with van der Waals surface area (Å²) in [6.45, 7) is 0. The molecule has 0 saturated carbocycles. The van der Waals surface area contributed by atoms with Crippen molar-refractivity contribution in [1.82, 2.24) is 0 Å². The molecule has 1 amide bonds. The van der Waals surface area contributed by atoms with Crippen LogP contribution in [0.1, 0.15) is 10.4 Å². The number of hydrogen-bond donors (Lipinski definition) is 2. The highest BCUT2D eigenvalue weighted by Gasteiger charge is 2.16. The lowest BCUT2D eigenvalue weighted by atomic mass is 10.2. The third-order valence-electron chi connectivity index (χ3n) is 2.51. The highest BCUT2D eigenvalue weighted by molar-refractivity contribution is 7.89. The molecule has 0 radical (unpaired) electrons. The highest BCUT2D eigenvalue weighted by Crippen LogP contribution is 2.26. The number of amides is 1. The van der Waals surface area contributed by atoms with Gasteiger partial charge >= 0.3 is 0 Å². The fourth-order valence-electron chi connectivity index (χ4n) is 1.57. The number of carbonyl (C=O) groups excluding carboxylic acids is 1. The summed E-state index contributed by atoms with van der Waals surface area (Å²) >= 11 is 0. The standard InChI is InChI=1S/C12H12N2O5S/c1-18-10-3-2-9(6-11(10)20(13,16)17)14-12(15)8-4-5-19-7-8/h2-7H,1H3,(H,14,15)(H2,13,16,17). The van der Waals surface area contributed by atoms with Gasteiger partial charge in [0.1, 0.15) is 16.9 Å². The molecule has 2 rings (SSSR count). The minimum Gasteiger partial charge on any atom is -0.495 e. The lowest BCUT2D eigenvalue weighted by molar-refractivity contribution is 0.102. The van der Waals surface area contributed by atoms with Crippen LogP contribution >= 0.6 is 0 Å². The van der Waals surface area contributed by atoms with Gasteiger partial charge in [-0.3, -0.25) is 4.79 Å². The number of anilines is 1. The van der Waals surface area contributed by atoms with E-state index in [-0.39, 0.29) is 16.3 Å². The molecule has 2 aromatic rings. The minimum absolute atomic E-state index is 0.105. The Morgan fingerprint density at radius 2 is 2.10 bits per heavy atom. The van der Waals surface area contributed by atoms with Crippen molar-refractivity contribution in [2.24, 2.45) is 5.14 Å². The predicted molar refractivity (Wildman–Crippen MR) is 71.0 cm³/mol. The van der Waals surface area contributed by atoms with Crippen LogP contribution < -0.4 is 15.2 Å². The lowest BCUT2D eigenvalue weighted by Crippen LogP contribution is -2.15. The molecule has 0 saturated heterocycles. The molecule has 0 unspecified atom stereocenters. The van der Waals surface area contributed by atoms with Crippen LogP contribution in [0.4, 0.5) is 5.69 Å². The summed E-state index contributed by atoms with van der Waals surface area (Å²) in [6.07, 6.45) is 2.64. The van der Waals surface area contributed by atoms with Crippen LogP contribution in [0.25, 0.3) is 0 Å². The first-order chi connectivity index (χ1) is 9.41. The number of benzene rings is 1. The van der Waals surface area contributed by atoms with Crippen LogP contribution in [0.2, 0.25) is 0 Å². The summed E-state index contributed by atoms with van der Waals surface area (Å²) in [5, 5.41) is 7.63. The number of rotatable bonds is 4. The van der Waals surface area contributed by atoms with E-state index in [4.69, 9.17) is 14.3 Å². The Labute approximate surface area is 115 Å². The fraction of sp³-hybridized carbons (Fsp3) is 0.0833. The second-order valence-corrected chi connectivity index (χ2v) is 5.41. The number of nitrogens with one attached hydrogen (secondary N) is 1. The molecule has 20 heavy (non-hydrogen) atoms. The molecule has 7 nitrogen and oxygen atoms in total. The van der Waals surface area contributed by atoms with E-state index in [0.717, 1.165) is 0 Å². The van der Waals surface area contributed by atoms with Crippen LogP contribution in [0.5, 0.6) is 5.75 Å². The molecule has 1 aromatic carbocycles. The Hall–Kier alpha value is -2.32. The zero-order valence-electron chi connectivity index (χ0n) is 10.5. The molecule has 8 heteroatoms. The van der Waals surface area contributed by atoms with E-state index in [2.05, 4.69) is 5.32 Å². The van der Waals surface area contributed by atoms with Gasteiger partial charge in [-0.15, -0.1) is 0 Å². The minimum atomic E-state index is -3.95. The van der Waals surface area contributed by atoms with Crippen molar-refractivity contribution >= 4 is 21.6 Å². The highest BCUT2D eigenvalue weighted by atomic mass is 32.2. The molecular weight excluding hydrogens is 284 g/mol. The van der Waals surface area contributed by atoms with Gasteiger partial charge < -0.3 is 14.5 Å². The average molecular weight is 296 g/mol. The first-order valence-electron chi connectivity index (χ1n) is 5.46. The van der Waals surface area contributed by atoms with Gasteiger partial charge in [-0.2, -0.15) is 0 Å². The largest absolute Gasteiger partial charge is 0.495 e. The third-order valence-corrected chi connectivity index (χ3v) is 3.44. The normalized spacial score (nSPS) is 11.1. The number of sulfonamides is 1. The van der Waals surface area contributed by atoms with Crippen molar-refractivity contribution < 1.29 is 22.4 Å². The van der Waals surface area contributed by atoms with Crippen LogP contribution in [0.3, 0.4) is 0 Å². The third kappa shape index (κ3) is 2.98. The molecule has 1 heterocycles. The maximum atomic E-state index is 11.8. The Kier molecular flexibility index (Phi) is 3.77. The van der Waals surface area contributed by atoms with E-state index in [1.54, 1.807) is 0 Å². The second kappa shape index (κ2) is 5.35. The van der Waals surface area contributed by atoms with Crippen LogP contribution in [0, 0.1) is 0 Å². The summed E-state index contributed by atoms with van der Waals surface area (Å²) in [4.78, 5) is 11.6. The second-order valence-electron chi connectivity index (χ2n) is 3.88. The summed E-state index contributed by atoms with van der Waals surface area (Å²) in [7, 11) is -2.63. The number of methoxy groups -OCH3 is 1. The molecule has 1 aromatic heterocycles. The zero-order chi connectivity index (χ0) is 14.8. The average Bonchev–Trinajstić information content (AvgIpc) is 2.91. The molecule has 0 aliphatic rings. The van der Waals surface area contributed by atoms with Gasteiger partial charge in [0.05, 0.1) is 18.9 Å². The lowest BCUT2D eigenvalue weighted by Gasteiger charge is -2.09. The van der Waals surface area contributed by atoms with Crippen molar-refractivity contribution in [1.29, 1.82) is 0 Å². The van der Waals surface area contributed by atoms with Crippen molar-refractivity contribution in [3.05, 3.63) is 42.4 Å². The molecule has 0 bridgehead atoms. The Morgan fingerprint density at radius 1 is 1.35 bits per heavy atom. The maximum Gasteiger partial charge on any atom is 0.258 e. The van der Waals surface area contributed by atoms with Crippen molar-refractivity contribution in [3.63, 3.8) is 0 Å². The number of carbonyl (C=O) groups is 1. The van der Waals surface area contributed by atoms with Gasteiger partial charge in [0.15, 0.2) is 0 Å². The van der Waals surface area contributed by atoms with Crippen molar-refractivity contribution in [3.8, 4) is 5.75 Å². The fourth-order valence-corrected chi connectivity index (χ4v) is 2.30. The monoisotopic (exact) mass is 296 g/mol. The van der Waals surface area contributed by atoms with Gasteiger partial charge in [0, 0.05) is 5.69 Å². The molecule has 0 atom stereocenters. The molecule has 0 spiro atoms. The molecule has 0 aliphatic heterocycles. The van der Waals surface area contributed by atoms with E-state index in [9.17, 15) is 13.2 Å². The van der Waals surface area contributed by atoms with Gasteiger partial charge in [-0.1, -0.05) is 0 Å². The van der Waals surface area contributed by atoms with Gasteiger partial charge in [-0.25, -0.2) is 13.6 Å². The van der Waals surface area contributed by atoms with Crippen LogP contribution in [-0.4, -0.2) is 21.4 Å². The number of primary sulfonamides is 1. The first-order valence-corrected chi connectivity index (χ1v) is 7.01. The summed E-state index contributed by atoms with van der Waals surface area (Å²) in [6, 6.07) is 5.63. The van der Waals surface area contributed by atoms with Crippen molar-refractivity contribution in [2.45, 2.75) is 4.90 Å². The molecule has 3 N–H and O–H groups in total. The van der Waals surface area contributed by atoms with E-state index in [1.807, 2.05) is 0 Å². The number of nitrogens with two attached hydrogens (primary N) is 1. The number of ether oxygens (including phenoxy) is 1. The summed E-state index contributed by atoms with van der Waals surface area (Å²) < 4.78 is 32.6. The first kappa shape index (κ1) is 14.1. The predicted octanol–water partition coefficient (Wildman–Crippen LogP) is 1.19. The Bertz CT molecular complexity index is 722. The topological polar surface area (TPSA) is 112 Å². The van der Waals surface area contributed by atoms with Gasteiger partial charge in [0.25, 0.3) is 5.91 Å². The molecular formula is C12H12N2O5S. The van der Waals surface area contributed by atoms with E-state index in [1.165, 1.54) is 43.9 Å². The van der Waals surface area contributed by atoms with Crippen LogP contribution in [-0.2, 0) is 10.0 Å². The molecule has 106 valence electrons. The van der Waals surface area contributed by atoms with E-state index >= 15 is 0 Å². The SMILES string of the molecule is COc1ccc(NC(=O)c2ccoc2)cc1S(N)(=O)=O. The van der Waals surface area contributed by atoms with Gasteiger partial charge in [-0.05, 0) is 24.3 Å². The maximum absolute atomic E-state index is 11.8. The van der Waals surface area contributed by atoms with E-state index < -0.39 is 15.9 Å². The van der Waals surface area contributed by atoms with Crippen LogP contribution in [0.15, 0.2) is 46.1 Å². The zero-order valence-corrected chi connectivity index (χ0v) is 11.3. The number of hydrogen-bond acceptors (Lipinski definition) is 5. The number of furan rings is 1. The Balaban J connectivity index is 2.33. The smallest absolute Gasteiger partial charge is 0.258 e. The van der Waals surface area contributed by atoms with E-state index in [0.29, 0.717) is 5.56 Å².